The van der Waals surface area contributed by atoms with E-state index in [9.17, 15) is 13.2 Å². The van der Waals surface area contributed by atoms with E-state index in [0.717, 1.165) is 18.0 Å². The van der Waals surface area contributed by atoms with Crippen molar-refractivity contribution < 1.29 is 17.9 Å². The number of alkyl halides is 3. The summed E-state index contributed by atoms with van der Waals surface area (Å²) in [6, 6.07) is 6.21. The van der Waals surface area contributed by atoms with Gasteiger partial charge in [-0.15, -0.1) is 0 Å². The van der Waals surface area contributed by atoms with Crippen molar-refractivity contribution in [3.05, 3.63) is 36.2 Å². The van der Waals surface area contributed by atoms with E-state index in [-0.39, 0.29) is 5.52 Å². The van der Waals surface area contributed by atoms with Crippen LogP contribution in [0.1, 0.15) is 26.3 Å². The van der Waals surface area contributed by atoms with Gasteiger partial charge in [0.1, 0.15) is 23.0 Å². The van der Waals surface area contributed by atoms with Crippen LogP contribution in [0.3, 0.4) is 0 Å². The van der Waals surface area contributed by atoms with Gasteiger partial charge in [0.05, 0.1) is 11.8 Å². The number of nitriles is 1. The van der Waals surface area contributed by atoms with E-state index in [0.29, 0.717) is 22.9 Å². The Morgan fingerprint density at radius 1 is 1.21 bits per heavy atom. The molecule has 3 aromatic rings. The second-order valence-corrected chi connectivity index (χ2v) is 7.11. The van der Waals surface area contributed by atoms with Crippen molar-refractivity contribution in [2.24, 2.45) is 7.05 Å². The highest BCUT2D eigenvalue weighted by Gasteiger charge is 2.31. The number of nitrogens with zero attached hydrogens (tertiary/aromatic N) is 5. The standard InChI is InChI=1S/C17H14F3N5O.C2H6S/c1-16(2,9-21)26-11-4-5-12(22-8-11)15-24-13-6-10(17(18,19)20)7-23-14(13)25(15)3;1-2-3/h4-8H,1-3H3;3H,2H2,1H3. The molecule has 0 N–H and O–H groups in total. The Labute approximate surface area is 171 Å². The molecule has 0 amide bonds. The minimum absolute atomic E-state index is 0.130. The summed E-state index contributed by atoms with van der Waals surface area (Å²) in [4.78, 5) is 12.3. The molecule has 3 aromatic heterocycles. The Bertz CT molecular complexity index is 1020. The number of hydrogen-bond acceptors (Lipinski definition) is 6. The van der Waals surface area contributed by atoms with Gasteiger partial charge in [-0.1, -0.05) is 6.92 Å². The van der Waals surface area contributed by atoms with Gasteiger partial charge in [0.15, 0.2) is 17.1 Å². The van der Waals surface area contributed by atoms with E-state index < -0.39 is 17.3 Å². The molecule has 10 heteroatoms. The van der Waals surface area contributed by atoms with Gasteiger partial charge in [0, 0.05) is 13.2 Å². The van der Waals surface area contributed by atoms with Crippen molar-refractivity contribution in [2.45, 2.75) is 32.5 Å². The minimum atomic E-state index is -4.48. The van der Waals surface area contributed by atoms with Crippen molar-refractivity contribution in [3.63, 3.8) is 0 Å². The van der Waals surface area contributed by atoms with Crippen LogP contribution in [0, 0.1) is 11.3 Å². The largest absolute Gasteiger partial charge is 0.471 e. The van der Waals surface area contributed by atoms with Gasteiger partial charge in [-0.3, -0.25) is 0 Å². The molecule has 0 aliphatic rings. The Hall–Kier alpha value is -2.80. The highest BCUT2D eigenvalue weighted by atomic mass is 32.1. The van der Waals surface area contributed by atoms with Gasteiger partial charge in [-0.05, 0) is 37.8 Å². The van der Waals surface area contributed by atoms with Crippen molar-refractivity contribution in [1.82, 2.24) is 19.5 Å². The summed E-state index contributed by atoms with van der Waals surface area (Å²) in [7, 11) is 1.65. The topological polar surface area (TPSA) is 76.6 Å². The zero-order valence-corrected chi connectivity index (χ0v) is 17.2. The Morgan fingerprint density at radius 2 is 1.86 bits per heavy atom. The molecule has 6 nitrogen and oxygen atoms in total. The average Bonchev–Trinajstić information content (AvgIpc) is 2.98. The first-order chi connectivity index (χ1) is 13.5. The lowest BCUT2D eigenvalue weighted by Gasteiger charge is -2.17. The number of rotatable bonds is 3. The van der Waals surface area contributed by atoms with Gasteiger partial charge < -0.3 is 9.30 Å². The summed E-state index contributed by atoms with van der Waals surface area (Å²) < 4.78 is 45.6. The van der Waals surface area contributed by atoms with Crippen LogP contribution >= 0.6 is 12.6 Å². The zero-order valence-electron chi connectivity index (χ0n) is 16.3. The van der Waals surface area contributed by atoms with Crippen LogP contribution in [0.25, 0.3) is 22.7 Å². The molecule has 154 valence electrons. The fraction of sp³-hybridized carbons (Fsp3) is 0.368. The number of halogens is 3. The van der Waals surface area contributed by atoms with Crippen LogP contribution in [-0.2, 0) is 13.2 Å². The second-order valence-electron chi connectivity index (χ2n) is 6.48. The van der Waals surface area contributed by atoms with E-state index in [4.69, 9.17) is 10.00 Å². The first kappa shape index (κ1) is 22.5. The molecule has 0 spiro atoms. The third-order valence-corrected chi connectivity index (χ3v) is 3.64. The summed E-state index contributed by atoms with van der Waals surface area (Å²) in [5.74, 6) is 1.72. The van der Waals surface area contributed by atoms with Crippen LogP contribution in [0.5, 0.6) is 5.75 Å². The molecule has 0 bridgehead atoms. The number of hydrogen-bond donors (Lipinski definition) is 1. The highest BCUT2D eigenvalue weighted by Crippen LogP contribution is 2.31. The Kier molecular flexibility index (Phi) is 6.74. The Balaban J connectivity index is 0.000000941. The molecule has 0 atom stereocenters. The lowest BCUT2D eigenvalue weighted by Crippen LogP contribution is -2.25. The van der Waals surface area contributed by atoms with Crippen LogP contribution in [0.15, 0.2) is 30.6 Å². The molecule has 0 aromatic carbocycles. The molecule has 0 saturated heterocycles. The summed E-state index contributed by atoms with van der Waals surface area (Å²) >= 11 is 3.79. The van der Waals surface area contributed by atoms with Gasteiger partial charge in [0.2, 0.25) is 0 Å². The van der Waals surface area contributed by atoms with Gasteiger partial charge in [0.25, 0.3) is 0 Å². The Morgan fingerprint density at radius 3 is 2.38 bits per heavy atom. The number of pyridine rings is 2. The zero-order chi connectivity index (χ0) is 21.8. The minimum Gasteiger partial charge on any atom is -0.471 e. The summed E-state index contributed by atoms with van der Waals surface area (Å²) in [5, 5.41) is 8.99. The molecule has 3 rings (SSSR count). The molecule has 0 unspecified atom stereocenters. The lowest BCUT2D eigenvalue weighted by molar-refractivity contribution is -0.137. The third kappa shape index (κ3) is 5.38. The molecule has 29 heavy (non-hydrogen) atoms. The maximum Gasteiger partial charge on any atom is 0.417 e. The van der Waals surface area contributed by atoms with Crippen LogP contribution in [-0.4, -0.2) is 30.9 Å². The highest BCUT2D eigenvalue weighted by molar-refractivity contribution is 7.80. The number of fused-ring (bicyclic) bond motifs is 1. The number of aromatic nitrogens is 4. The smallest absolute Gasteiger partial charge is 0.417 e. The third-order valence-electron chi connectivity index (χ3n) is 3.64. The van der Waals surface area contributed by atoms with Crippen molar-refractivity contribution in [2.75, 3.05) is 5.75 Å². The molecule has 0 aliphatic carbocycles. The molecular formula is C19H20F3N5OS. The summed E-state index contributed by atoms with van der Waals surface area (Å²) in [6.45, 7) is 5.23. The fourth-order valence-corrected chi connectivity index (χ4v) is 2.35. The number of thiol groups is 1. The molecule has 0 saturated carbocycles. The monoisotopic (exact) mass is 423 g/mol. The van der Waals surface area contributed by atoms with Gasteiger partial charge >= 0.3 is 6.18 Å². The van der Waals surface area contributed by atoms with Crippen LogP contribution < -0.4 is 4.74 Å². The summed E-state index contributed by atoms with van der Waals surface area (Å²) in [6.07, 6.45) is -2.27. The van der Waals surface area contributed by atoms with Crippen LogP contribution in [0.2, 0.25) is 0 Å². The predicted molar refractivity (Wildman–Crippen MR) is 107 cm³/mol. The van der Waals surface area contributed by atoms with Crippen LogP contribution in [0.4, 0.5) is 13.2 Å². The number of imidazole rings is 1. The van der Waals surface area contributed by atoms with E-state index >= 15 is 0 Å². The molecule has 3 heterocycles. The maximum absolute atomic E-state index is 12.8. The molecule has 0 fully saturated rings. The normalized spacial score (nSPS) is 11.6. The van der Waals surface area contributed by atoms with Gasteiger partial charge in [-0.2, -0.15) is 31.1 Å². The first-order valence-electron chi connectivity index (χ1n) is 8.59. The van der Waals surface area contributed by atoms with Gasteiger partial charge in [-0.25, -0.2) is 15.0 Å². The van der Waals surface area contributed by atoms with E-state index in [1.54, 1.807) is 37.6 Å². The molecule has 0 aliphatic heterocycles. The average molecular weight is 423 g/mol. The van der Waals surface area contributed by atoms with E-state index in [1.807, 2.05) is 13.0 Å². The quantitative estimate of drug-likeness (QED) is 0.620. The lowest BCUT2D eigenvalue weighted by atomic mass is 10.2. The fourth-order valence-electron chi connectivity index (χ4n) is 2.35. The van der Waals surface area contributed by atoms with E-state index in [1.165, 1.54) is 6.20 Å². The summed E-state index contributed by atoms with van der Waals surface area (Å²) in [5.41, 5.74) is -0.962. The van der Waals surface area contributed by atoms with Crippen molar-refractivity contribution in [3.8, 4) is 23.3 Å². The molecule has 0 radical (unpaired) electrons. The van der Waals surface area contributed by atoms with Crippen molar-refractivity contribution >= 4 is 23.8 Å². The molecular weight excluding hydrogens is 403 g/mol. The number of aryl methyl sites for hydroxylation is 1. The van der Waals surface area contributed by atoms with Crippen molar-refractivity contribution in [1.29, 1.82) is 5.26 Å². The van der Waals surface area contributed by atoms with E-state index in [2.05, 4.69) is 27.6 Å². The predicted octanol–water partition coefficient (Wildman–Crippen LogP) is 4.67. The SMILES string of the molecule is CCS.Cn1c(-c2ccc(OC(C)(C)C#N)cn2)nc2cc(C(F)(F)F)cnc21. The number of ether oxygens (including phenoxy) is 1. The first-order valence-corrected chi connectivity index (χ1v) is 9.23. The maximum atomic E-state index is 12.8. The second kappa shape index (κ2) is 8.69.